The Morgan fingerprint density at radius 2 is 1.90 bits per heavy atom. The van der Waals surface area contributed by atoms with Gasteiger partial charge < -0.3 is 25.0 Å². The van der Waals surface area contributed by atoms with E-state index in [-0.39, 0.29) is 17.9 Å². The van der Waals surface area contributed by atoms with Crippen LogP contribution in [0.4, 0.5) is 0 Å². The number of nitrogens with zero attached hydrogens (tertiary/aromatic N) is 3. The Hall–Kier alpha value is -1.67. The van der Waals surface area contributed by atoms with Crippen molar-refractivity contribution in [2.75, 3.05) is 66.0 Å². The van der Waals surface area contributed by atoms with Gasteiger partial charge in [0, 0.05) is 65.5 Å². The number of nitrogens with one attached hydrogen (secondary N) is 1. The number of likely N-dealkylation sites (N-methyl/N-ethyl adjacent to an activating group) is 1. The minimum Gasteiger partial charge on any atom is -0.508 e. The quantitative estimate of drug-likeness (QED) is 0.681. The molecule has 3 saturated heterocycles. The molecule has 1 amide bonds. The minimum absolute atomic E-state index is 0.0183. The first-order valence-electron chi connectivity index (χ1n) is 11.9. The number of hydrogen-bond acceptors (Lipinski definition) is 6. The third kappa shape index (κ3) is 6.65. The largest absolute Gasteiger partial charge is 0.508 e. The van der Waals surface area contributed by atoms with Crippen LogP contribution in [0.15, 0.2) is 24.3 Å². The van der Waals surface area contributed by atoms with Gasteiger partial charge in [-0.2, -0.15) is 0 Å². The maximum Gasteiger partial charge on any atom is 0.224 e. The number of piperazine rings is 1. The molecule has 1 aromatic carbocycles. The van der Waals surface area contributed by atoms with Gasteiger partial charge in [-0.3, -0.25) is 9.69 Å². The summed E-state index contributed by atoms with van der Waals surface area (Å²) < 4.78 is 5.67. The van der Waals surface area contributed by atoms with Crippen LogP contribution in [0.1, 0.15) is 24.8 Å². The summed E-state index contributed by atoms with van der Waals surface area (Å²) in [7, 11) is 2.19. The fourth-order valence-corrected chi connectivity index (χ4v) is 5.17. The molecule has 31 heavy (non-hydrogen) atoms. The highest BCUT2D eigenvalue weighted by molar-refractivity contribution is 5.79. The van der Waals surface area contributed by atoms with Crippen molar-refractivity contribution in [1.82, 2.24) is 20.0 Å². The third-order valence-corrected chi connectivity index (χ3v) is 6.97. The van der Waals surface area contributed by atoms with Crippen LogP contribution in [0.5, 0.6) is 5.75 Å². The molecular formula is C24H38N4O3. The lowest BCUT2D eigenvalue weighted by Crippen LogP contribution is -2.51. The van der Waals surface area contributed by atoms with Gasteiger partial charge in [0.05, 0.1) is 12.0 Å². The number of piperidine rings is 1. The van der Waals surface area contributed by atoms with Gasteiger partial charge in [-0.15, -0.1) is 0 Å². The first-order valence-corrected chi connectivity index (χ1v) is 11.9. The number of rotatable bonds is 7. The average molecular weight is 431 g/mol. The highest BCUT2D eigenvalue weighted by atomic mass is 16.5. The van der Waals surface area contributed by atoms with E-state index in [4.69, 9.17) is 4.74 Å². The Kier molecular flexibility index (Phi) is 7.82. The molecule has 1 aromatic rings. The summed E-state index contributed by atoms with van der Waals surface area (Å²) in [4.78, 5) is 20.4. The molecule has 2 N–H and O–H groups in total. The molecule has 172 valence electrons. The molecule has 3 aliphatic heterocycles. The predicted octanol–water partition coefficient (Wildman–Crippen LogP) is 1.37. The second-order valence-electron chi connectivity index (χ2n) is 9.64. The van der Waals surface area contributed by atoms with E-state index in [1.807, 2.05) is 12.1 Å². The lowest BCUT2D eigenvalue weighted by Gasteiger charge is -2.41. The van der Waals surface area contributed by atoms with Crippen molar-refractivity contribution in [1.29, 1.82) is 0 Å². The lowest BCUT2D eigenvalue weighted by atomic mass is 9.87. The van der Waals surface area contributed by atoms with Crippen molar-refractivity contribution >= 4 is 5.91 Å². The zero-order valence-corrected chi connectivity index (χ0v) is 18.8. The number of benzene rings is 1. The summed E-state index contributed by atoms with van der Waals surface area (Å²) in [5.41, 5.74) is 1.18. The van der Waals surface area contributed by atoms with Crippen LogP contribution in [0.25, 0.3) is 0 Å². The van der Waals surface area contributed by atoms with E-state index in [0.29, 0.717) is 18.2 Å². The van der Waals surface area contributed by atoms with Gasteiger partial charge in [0.2, 0.25) is 5.91 Å². The number of phenolic OH excluding ortho intramolecular Hbond substituents is 1. The van der Waals surface area contributed by atoms with Crippen molar-refractivity contribution in [2.24, 2.45) is 11.8 Å². The van der Waals surface area contributed by atoms with Gasteiger partial charge >= 0.3 is 0 Å². The molecule has 7 nitrogen and oxygen atoms in total. The van der Waals surface area contributed by atoms with Crippen molar-refractivity contribution in [3.05, 3.63) is 29.8 Å². The van der Waals surface area contributed by atoms with Crippen molar-refractivity contribution in [3.63, 3.8) is 0 Å². The van der Waals surface area contributed by atoms with Crippen molar-refractivity contribution in [3.8, 4) is 5.75 Å². The molecule has 3 fully saturated rings. The topological polar surface area (TPSA) is 68.3 Å². The van der Waals surface area contributed by atoms with E-state index in [1.165, 1.54) is 5.56 Å². The number of carbonyl (C=O) groups excluding carboxylic acids is 1. The van der Waals surface area contributed by atoms with Gasteiger partial charge in [0.1, 0.15) is 5.75 Å². The predicted molar refractivity (Wildman–Crippen MR) is 121 cm³/mol. The molecular weight excluding hydrogens is 392 g/mol. The Balaban J connectivity index is 1.36. The Bertz CT molecular complexity index is 699. The molecule has 4 rings (SSSR count). The SMILES string of the molecule is CN1CCN(C[C@H]2C[C@@H](C(=O)NC[C@@H]3CCCO3)CN(Cc3ccc(O)cc3)C2)CC1. The summed E-state index contributed by atoms with van der Waals surface area (Å²) in [6, 6.07) is 7.44. The molecule has 0 unspecified atom stereocenters. The summed E-state index contributed by atoms with van der Waals surface area (Å²) in [5, 5.41) is 12.8. The number of amides is 1. The number of ether oxygens (including phenoxy) is 1. The van der Waals surface area contributed by atoms with Crippen LogP contribution in [-0.4, -0.2) is 97.8 Å². The van der Waals surface area contributed by atoms with Crippen LogP contribution in [0.3, 0.4) is 0 Å². The number of hydrogen-bond donors (Lipinski definition) is 2. The van der Waals surface area contributed by atoms with Gasteiger partial charge in [0.25, 0.3) is 0 Å². The summed E-state index contributed by atoms with van der Waals surface area (Å²) in [6.45, 7) is 9.60. The zero-order valence-electron chi connectivity index (χ0n) is 18.8. The standard InChI is InChI=1S/C24H38N4O3/c1-26-8-10-27(11-9-26)16-20-13-21(24(30)25-14-23-3-2-12-31-23)18-28(17-20)15-19-4-6-22(29)7-5-19/h4-7,20-21,23,29H,2-3,8-18H2,1H3,(H,25,30)/t20-,21-,23+/m1/s1. The third-order valence-electron chi connectivity index (χ3n) is 6.97. The van der Waals surface area contributed by atoms with Crippen molar-refractivity contribution < 1.29 is 14.6 Å². The molecule has 0 saturated carbocycles. The smallest absolute Gasteiger partial charge is 0.224 e. The maximum atomic E-state index is 13.0. The molecule has 3 heterocycles. The Morgan fingerprint density at radius 3 is 2.61 bits per heavy atom. The highest BCUT2D eigenvalue weighted by Gasteiger charge is 2.33. The molecule has 7 heteroatoms. The fourth-order valence-electron chi connectivity index (χ4n) is 5.17. The Labute approximate surface area is 186 Å². The van der Waals surface area contributed by atoms with E-state index in [0.717, 1.165) is 78.2 Å². The highest BCUT2D eigenvalue weighted by Crippen LogP contribution is 2.26. The first kappa shape index (κ1) is 22.5. The second-order valence-corrected chi connectivity index (χ2v) is 9.64. The van der Waals surface area contributed by atoms with Gasteiger partial charge in [-0.1, -0.05) is 12.1 Å². The summed E-state index contributed by atoms with van der Waals surface area (Å²) in [5.74, 6) is 0.980. The van der Waals surface area contributed by atoms with Crippen molar-refractivity contribution in [2.45, 2.75) is 31.9 Å². The molecule has 3 atom stereocenters. The molecule has 0 aliphatic carbocycles. The molecule has 3 aliphatic rings. The van der Waals surface area contributed by atoms with E-state index in [2.05, 4.69) is 27.1 Å². The average Bonchev–Trinajstić information content (AvgIpc) is 3.29. The molecule has 0 radical (unpaired) electrons. The Morgan fingerprint density at radius 1 is 1.13 bits per heavy atom. The summed E-state index contributed by atoms with van der Waals surface area (Å²) >= 11 is 0. The lowest BCUT2D eigenvalue weighted by molar-refractivity contribution is -0.128. The molecule has 0 bridgehead atoms. The van der Waals surface area contributed by atoms with Crippen LogP contribution in [0.2, 0.25) is 0 Å². The maximum absolute atomic E-state index is 13.0. The normalized spacial score (nSPS) is 28.6. The van der Waals surface area contributed by atoms with Crippen LogP contribution >= 0.6 is 0 Å². The van der Waals surface area contributed by atoms with Gasteiger partial charge in [-0.05, 0) is 49.9 Å². The molecule has 0 spiro atoms. The monoisotopic (exact) mass is 430 g/mol. The van der Waals surface area contributed by atoms with Crippen LogP contribution < -0.4 is 5.32 Å². The molecule has 0 aromatic heterocycles. The minimum atomic E-state index is 0.0183. The fraction of sp³-hybridized carbons (Fsp3) is 0.708. The number of carbonyl (C=O) groups is 1. The zero-order chi connectivity index (χ0) is 21.6. The van der Waals surface area contributed by atoms with Gasteiger partial charge in [-0.25, -0.2) is 0 Å². The number of aromatic hydroxyl groups is 1. The summed E-state index contributed by atoms with van der Waals surface area (Å²) in [6.07, 6.45) is 3.28. The number of phenols is 1. The van der Waals surface area contributed by atoms with E-state index in [1.54, 1.807) is 12.1 Å². The number of likely N-dealkylation sites (tertiary alicyclic amines) is 1. The van der Waals surface area contributed by atoms with Crippen LogP contribution in [0, 0.1) is 11.8 Å². The van der Waals surface area contributed by atoms with E-state index >= 15 is 0 Å². The second kappa shape index (κ2) is 10.8. The first-order chi connectivity index (χ1) is 15.0. The van der Waals surface area contributed by atoms with E-state index < -0.39 is 0 Å². The van der Waals surface area contributed by atoms with Gasteiger partial charge in [0.15, 0.2) is 0 Å². The van der Waals surface area contributed by atoms with E-state index in [9.17, 15) is 9.90 Å². The van der Waals surface area contributed by atoms with Crippen LogP contribution in [-0.2, 0) is 16.1 Å².